The minimum Gasteiger partial charge on any atom is -0.460 e. The Labute approximate surface area is 281 Å². The molecular formula is C38H55N3O6. The summed E-state index contributed by atoms with van der Waals surface area (Å²) < 4.78 is 17.0. The molecule has 258 valence electrons. The van der Waals surface area contributed by atoms with Crippen LogP contribution < -0.4 is 5.32 Å². The zero-order chi connectivity index (χ0) is 34.6. The molecule has 2 aliphatic heterocycles. The van der Waals surface area contributed by atoms with Crippen molar-refractivity contribution in [3.8, 4) is 0 Å². The van der Waals surface area contributed by atoms with Gasteiger partial charge in [-0.25, -0.2) is 9.59 Å². The number of amides is 2. The van der Waals surface area contributed by atoms with Crippen molar-refractivity contribution in [2.75, 3.05) is 31.5 Å². The number of carbonyl (C=O) groups is 3. The second kappa shape index (κ2) is 14.6. The van der Waals surface area contributed by atoms with E-state index in [1.165, 1.54) is 5.56 Å². The van der Waals surface area contributed by atoms with E-state index in [9.17, 15) is 14.4 Å². The highest BCUT2D eigenvalue weighted by molar-refractivity contribution is 5.75. The van der Waals surface area contributed by atoms with Crippen molar-refractivity contribution < 1.29 is 28.6 Å². The molecule has 2 aliphatic rings. The monoisotopic (exact) mass is 649 g/mol. The van der Waals surface area contributed by atoms with Gasteiger partial charge in [0.2, 0.25) is 0 Å². The molecule has 2 amide bonds. The Morgan fingerprint density at radius 2 is 1.26 bits per heavy atom. The third-order valence-corrected chi connectivity index (χ3v) is 8.33. The van der Waals surface area contributed by atoms with Crippen LogP contribution in [0.5, 0.6) is 0 Å². The number of carbonyl (C=O) groups excluding carboxylic acids is 3. The highest BCUT2D eigenvalue weighted by Crippen LogP contribution is 2.33. The number of hydrogen-bond acceptors (Lipinski definition) is 7. The zero-order valence-electron chi connectivity index (χ0n) is 29.9. The van der Waals surface area contributed by atoms with Gasteiger partial charge in [0.15, 0.2) is 0 Å². The number of rotatable bonds is 7. The third-order valence-electron chi connectivity index (χ3n) is 8.33. The fourth-order valence-corrected chi connectivity index (χ4v) is 6.22. The molecule has 47 heavy (non-hydrogen) atoms. The predicted molar refractivity (Wildman–Crippen MR) is 185 cm³/mol. The Hall–Kier alpha value is -3.75. The van der Waals surface area contributed by atoms with E-state index in [1.807, 2.05) is 80.5 Å². The van der Waals surface area contributed by atoms with Crippen molar-refractivity contribution >= 4 is 29.5 Å². The van der Waals surface area contributed by atoms with Crippen molar-refractivity contribution in [1.29, 1.82) is 0 Å². The SMILES string of the molecule is CC(C)(C)OC(=O)[C@@H](Cc1cccc(Nc2cccc(C3CCN(C(=O)OC(C)(C)C)CC3)c2)c1)[C@H]1CCN(C(=O)OC(C)(C)C)C1. The Bertz CT molecular complexity index is 1400. The average Bonchev–Trinajstić information content (AvgIpc) is 3.44. The molecule has 0 aromatic heterocycles. The van der Waals surface area contributed by atoms with E-state index in [0.29, 0.717) is 44.9 Å². The maximum atomic E-state index is 13.5. The number of piperidine rings is 1. The number of hydrogen-bond donors (Lipinski definition) is 1. The number of benzene rings is 2. The molecule has 0 saturated carbocycles. The smallest absolute Gasteiger partial charge is 0.410 e. The molecule has 9 heteroatoms. The van der Waals surface area contributed by atoms with Crippen LogP contribution in [0.1, 0.15) is 98.6 Å². The molecule has 0 spiro atoms. The van der Waals surface area contributed by atoms with Crippen LogP contribution >= 0.6 is 0 Å². The van der Waals surface area contributed by atoms with Crippen LogP contribution in [0.3, 0.4) is 0 Å². The molecule has 4 rings (SSSR count). The second-order valence-electron chi connectivity index (χ2n) is 16.0. The molecule has 2 saturated heterocycles. The van der Waals surface area contributed by atoms with E-state index in [0.717, 1.165) is 29.8 Å². The first-order chi connectivity index (χ1) is 21.8. The summed E-state index contributed by atoms with van der Waals surface area (Å²) in [5.41, 5.74) is 2.50. The van der Waals surface area contributed by atoms with E-state index in [1.54, 1.807) is 9.80 Å². The highest BCUT2D eigenvalue weighted by Gasteiger charge is 2.39. The molecule has 1 N–H and O–H groups in total. The summed E-state index contributed by atoms with van der Waals surface area (Å²) in [5, 5.41) is 3.56. The lowest BCUT2D eigenvalue weighted by Crippen LogP contribution is -2.41. The standard InChI is InChI=1S/C38H55N3O6/c1-36(2,3)45-33(42)32(29-18-21-41(25-29)35(44)47-38(7,8)9)23-26-12-10-14-30(22-26)39-31-15-11-13-28(24-31)27-16-19-40(20-17-27)34(43)46-37(4,5)6/h10-15,22,24,27,29,32,39H,16-21,23,25H2,1-9H3/t29-,32-/m0/s1. The Balaban J connectivity index is 1.42. The molecule has 2 heterocycles. The predicted octanol–water partition coefficient (Wildman–Crippen LogP) is 8.30. The molecule has 2 aromatic rings. The topological polar surface area (TPSA) is 97.4 Å². The van der Waals surface area contributed by atoms with Crippen LogP contribution in [-0.4, -0.2) is 70.9 Å². The van der Waals surface area contributed by atoms with Gasteiger partial charge in [-0.05, 0) is 135 Å². The molecule has 2 fully saturated rings. The first kappa shape index (κ1) is 36.1. The maximum Gasteiger partial charge on any atom is 0.410 e. The van der Waals surface area contributed by atoms with Gasteiger partial charge < -0.3 is 29.3 Å². The van der Waals surface area contributed by atoms with Crippen molar-refractivity contribution in [3.63, 3.8) is 0 Å². The van der Waals surface area contributed by atoms with E-state index < -0.39 is 22.7 Å². The molecular weight excluding hydrogens is 594 g/mol. The van der Waals surface area contributed by atoms with Crippen molar-refractivity contribution in [1.82, 2.24) is 9.80 Å². The van der Waals surface area contributed by atoms with Crippen LogP contribution in [0.2, 0.25) is 0 Å². The van der Waals surface area contributed by atoms with Gasteiger partial charge in [0.05, 0.1) is 5.92 Å². The summed E-state index contributed by atoms with van der Waals surface area (Å²) in [6.07, 6.45) is 2.41. The number of ether oxygens (including phenoxy) is 3. The number of esters is 1. The molecule has 2 atom stereocenters. The van der Waals surface area contributed by atoms with Crippen molar-refractivity contribution in [3.05, 3.63) is 59.7 Å². The van der Waals surface area contributed by atoms with Gasteiger partial charge in [-0.1, -0.05) is 24.3 Å². The van der Waals surface area contributed by atoms with Crippen LogP contribution in [0, 0.1) is 11.8 Å². The average molecular weight is 650 g/mol. The second-order valence-corrected chi connectivity index (χ2v) is 16.0. The fraction of sp³-hybridized carbons (Fsp3) is 0.605. The molecule has 0 aliphatic carbocycles. The van der Waals surface area contributed by atoms with Crippen molar-refractivity contribution in [2.45, 2.75) is 111 Å². The number of likely N-dealkylation sites (tertiary alicyclic amines) is 2. The fourth-order valence-electron chi connectivity index (χ4n) is 6.22. The summed E-state index contributed by atoms with van der Waals surface area (Å²) in [7, 11) is 0. The van der Waals surface area contributed by atoms with Gasteiger partial charge in [-0.2, -0.15) is 0 Å². The van der Waals surface area contributed by atoms with E-state index >= 15 is 0 Å². The minimum absolute atomic E-state index is 0.0348. The Kier molecular flexibility index (Phi) is 11.2. The molecule has 0 bridgehead atoms. The van der Waals surface area contributed by atoms with Crippen LogP contribution in [0.25, 0.3) is 0 Å². The largest absolute Gasteiger partial charge is 0.460 e. The molecule has 2 aromatic carbocycles. The highest BCUT2D eigenvalue weighted by atomic mass is 16.6. The summed E-state index contributed by atoms with van der Waals surface area (Å²) in [6.45, 7) is 19.3. The summed E-state index contributed by atoms with van der Waals surface area (Å²) in [6, 6.07) is 16.6. The lowest BCUT2D eigenvalue weighted by molar-refractivity contribution is -0.162. The van der Waals surface area contributed by atoms with Gasteiger partial charge in [0.1, 0.15) is 16.8 Å². The summed E-state index contributed by atoms with van der Waals surface area (Å²) in [5.74, 6) is -0.306. The quantitative estimate of drug-likeness (QED) is 0.238. The van der Waals surface area contributed by atoms with E-state index in [2.05, 4.69) is 35.6 Å². The molecule has 9 nitrogen and oxygen atoms in total. The molecule has 0 radical (unpaired) electrons. The molecule has 0 unspecified atom stereocenters. The first-order valence-corrected chi connectivity index (χ1v) is 17.0. The Morgan fingerprint density at radius 1 is 0.723 bits per heavy atom. The van der Waals surface area contributed by atoms with Crippen LogP contribution in [-0.2, 0) is 25.4 Å². The normalized spacial score (nSPS) is 18.4. The van der Waals surface area contributed by atoms with E-state index in [4.69, 9.17) is 14.2 Å². The van der Waals surface area contributed by atoms with Gasteiger partial charge >= 0.3 is 18.2 Å². The van der Waals surface area contributed by atoms with Crippen LogP contribution in [0.4, 0.5) is 21.0 Å². The van der Waals surface area contributed by atoms with Gasteiger partial charge in [0, 0.05) is 37.6 Å². The minimum atomic E-state index is -0.612. The lowest BCUT2D eigenvalue weighted by Gasteiger charge is -2.33. The third kappa shape index (κ3) is 11.2. The first-order valence-electron chi connectivity index (χ1n) is 17.0. The van der Waals surface area contributed by atoms with Gasteiger partial charge in [-0.15, -0.1) is 0 Å². The lowest BCUT2D eigenvalue weighted by atomic mass is 9.86. The number of nitrogens with one attached hydrogen (secondary N) is 1. The Morgan fingerprint density at radius 3 is 1.85 bits per heavy atom. The number of anilines is 2. The summed E-state index contributed by atoms with van der Waals surface area (Å²) in [4.78, 5) is 42.3. The summed E-state index contributed by atoms with van der Waals surface area (Å²) >= 11 is 0. The van der Waals surface area contributed by atoms with Gasteiger partial charge in [0.25, 0.3) is 0 Å². The van der Waals surface area contributed by atoms with E-state index in [-0.39, 0.29) is 24.1 Å². The van der Waals surface area contributed by atoms with Gasteiger partial charge in [-0.3, -0.25) is 4.79 Å². The number of nitrogens with zero attached hydrogens (tertiary/aromatic N) is 2. The maximum absolute atomic E-state index is 13.5. The zero-order valence-corrected chi connectivity index (χ0v) is 29.9. The van der Waals surface area contributed by atoms with Crippen LogP contribution in [0.15, 0.2) is 48.5 Å². The van der Waals surface area contributed by atoms with Crippen molar-refractivity contribution in [2.24, 2.45) is 11.8 Å².